The largest absolute Gasteiger partial charge is 0.495 e. The van der Waals surface area contributed by atoms with Crippen LogP contribution in [0.2, 0.25) is 0 Å². The molecule has 19 heavy (non-hydrogen) atoms. The topological polar surface area (TPSA) is 63.5 Å². The minimum Gasteiger partial charge on any atom is -0.495 e. The van der Waals surface area contributed by atoms with E-state index in [4.69, 9.17) is 19.5 Å². The molecular formula is C14H20N2O3. The highest BCUT2D eigenvalue weighted by atomic mass is 16.5. The summed E-state index contributed by atoms with van der Waals surface area (Å²) in [5.74, 6) is 0.598. The van der Waals surface area contributed by atoms with E-state index < -0.39 is 0 Å². The molecule has 104 valence electrons. The molecule has 1 rings (SSSR count). The van der Waals surface area contributed by atoms with Crippen molar-refractivity contribution in [2.75, 3.05) is 34.5 Å². The SMILES string of the molecule is COCC(CNCc1ccc(OC)c(C#N)c1)OC. The van der Waals surface area contributed by atoms with Gasteiger partial charge < -0.3 is 19.5 Å². The molecule has 0 aromatic heterocycles. The second-order valence-corrected chi connectivity index (χ2v) is 4.09. The minimum atomic E-state index is 0.0266. The molecule has 1 aromatic rings. The summed E-state index contributed by atoms with van der Waals surface area (Å²) in [6, 6.07) is 7.68. The summed E-state index contributed by atoms with van der Waals surface area (Å²) in [5.41, 5.74) is 1.58. The summed E-state index contributed by atoms with van der Waals surface area (Å²) in [7, 11) is 4.86. The Morgan fingerprint density at radius 1 is 1.32 bits per heavy atom. The summed E-state index contributed by atoms with van der Waals surface area (Å²) in [5, 5.41) is 12.3. The molecule has 1 aromatic carbocycles. The molecule has 0 fully saturated rings. The lowest BCUT2D eigenvalue weighted by atomic mass is 10.1. The minimum absolute atomic E-state index is 0.0266. The van der Waals surface area contributed by atoms with Crippen LogP contribution in [0, 0.1) is 11.3 Å². The lowest BCUT2D eigenvalue weighted by molar-refractivity contribution is 0.0288. The fraction of sp³-hybridized carbons (Fsp3) is 0.500. The average molecular weight is 264 g/mol. The van der Waals surface area contributed by atoms with Crippen molar-refractivity contribution >= 4 is 0 Å². The van der Waals surface area contributed by atoms with Crippen molar-refractivity contribution in [2.45, 2.75) is 12.6 Å². The van der Waals surface area contributed by atoms with Crippen LogP contribution in [-0.4, -0.2) is 40.6 Å². The van der Waals surface area contributed by atoms with E-state index in [9.17, 15) is 0 Å². The number of nitriles is 1. The monoisotopic (exact) mass is 264 g/mol. The van der Waals surface area contributed by atoms with Gasteiger partial charge in [-0.3, -0.25) is 0 Å². The van der Waals surface area contributed by atoms with Gasteiger partial charge in [0.2, 0.25) is 0 Å². The third-order valence-corrected chi connectivity index (χ3v) is 2.77. The van der Waals surface area contributed by atoms with Crippen LogP contribution in [-0.2, 0) is 16.0 Å². The molecular weight excluding hydrogens is 244 g/mol. The lowest BCUT2D eigenvalue weighted by Crippen LogP contribution is -2.31. The third kappa shape index (κ3) is 4.87. The standard InChI is InChI=1S/C14H20N2O3/c1-17-10-13(18-2)9-16-8-11-4-5-14(19-3)12(6-11)7-15/h4-6,13,16H,8-10H2,1-3H3. The summed E-state index contributed by atoms with van der Waals surface area (Å²) in [4.78, 5) is 0. The molecule has 0 spiro atoms. The molecule has 0 aliphatic rings. The van der Waals surface area contributed by atoms with Gasteiger partial charge >= 0.3 is 0 Å². The van der Waals surface area contributed by atoms with Gasteiger partial charge in [0.1, 0.15) is 11.8 Å². The van der Waals surface area contributed by atoms with E-state index >= 15 is 0 Å². The van der Waals surface area contributed by atoms with Gasteiger partial charge in [0.15, 0.2) is 0 Å². The fourth-order valence-corrected chi connectivity index (χ4v) is 1.73. The summed E-state index contributed by atoms with van der Waals surface area (Å²) >= 11 is 0. The molecule has 1 atom stereocenters. The van der Waals surface area contributed by atoms with Gasteiger partial charge in [0.05, 0.1) is 25.4 Å². The van der Waals surface area contributed by atoms with E-state index in [1.165, 1.54) is 0 Å². The number of nitrogens with one attached hydrogen (secondary N) is 1. The van der Waals surface area contributed by atoms with Gasteiger partial charge in [-0.2, -0.15) is 5.26 Å². The van der Waals surface area contributed by atoms with Crippen LogP contribution in [0.3, 0.4) is 0 Å². The quantitative estimate of drug-likeness (QED) is 0.767. The Kier molecular flexibility index (Phi) is 6.90. The molecule has 5 heteroatoms. The zero-order chi connectivity index (χ0) is 14.1. The Morgan fingerprint density at radius 2 is 2.11 bits per heavy atom. The number of methoxy groups -OCH3 is 3. The number of hydrogen-bond acceptors (Lipinski definition) is 5. The van der Waals surface area contributed by atoms with Crippen LogP contribution in [0.5, 0.6) is 5.75 Å². The third-order valence-electron chi connectivity index (χ3n) is 2.77. The van der Waals surface area contributed by atoms with Crippen LogP contribution in [0.15, 0.2) is 18.2 Å². The van der Waals surface area contributed by atoms with Crippen LogP contribution in [0.4, 0.5) is 0 Å². The first-order chi connectivity index (χ1) is 9.24. The number of nitrogens with zero attached hydrogens (tertiary/aromatic N) is 1. The van der Waals surface area contributed by atoms with Crippen LogP contribution >= 0.6 is 0 Å². The number of benzene rings is 1. The molecule has 0 amide bonds. The zero-order valence-corrected chi connectivity index (χ0v) is 11.6. The van der Waals surface area contributed by atoms with Gasteiger partial charge in [0.25, 0.3) is 0 Å². The van der Waals surface area contributed by atoms with Crippen LogP contribution < -0.4 is 10.1 Å². The van der Waals surface area contributed by atoms with Crippen molar-refractivity contribution in [3.63, 3.8) is 0 Å². The summed E-state index contributed by atoms with van der Waals surface area (Å²) < 4.78 is 15.4. The van der Waals surface area contributed by atoms with Crippen LogP contribution in [0.25, 0.3) is 0 Å². The first-order valence-corrected chi connectivity index (χ1v) is 6.04. The molecule has 0 saturated heterocycles. The Labute approximate surface area is 114 Å². The van der Waals surface area contributed by atoms with Crippen molar-refractivity contribution in [3.8, 4) is 11.8 Å². The maximum atomic E-state index is 9.01. The molecule has 0 aliphatic heterocycles. The predicted molar refractivity (Wildman–Crippen MR) is 72.1 cm³/mol. The Balaban J connectivity index is 2.52. The van der Waals surface area contributed by atoms with Gasteiger partial charge in [-0.1, -0.05) is 6.07 Å². The van der Waals surface area contributed by atoms with Crippen molar-refractivity contribution in [2.24, 2.45) is 0 Å². The van der Waals surface area contributed by atoms with Crippen LogP contribution in [0.1, 0.15) is 11.1 Å². The normalized spacial score (nSPS) is 11.9. The maximum absolute atomic E-state index is 9.01. The van der Waals surface area contributed by atoms with E-state index in [1.54, 1.807) is 27.4 Å². The first-order valence-electron chi connectivity index (χ1n) is 6.04. The molecule has 0 radical (unpaired) electrons. The Morgan fingerprint density at radius 3 is 2.68 bits per heavy atom. The summed E-state index contributed by atoms with van der Waals surface area (Å²) in [6.45, 7) is 1.91. The van der Waals surface area contributed by atoms with E-state index in [1.807, 2.05) is 12.1 Å². The van der Waals surface area contributed by atoms with Crippen molar-refractivity contribution in [1.29, 1.82) is 5.26 Å². The molecule has 1 unspecified atom stereocenters. The fourth-order valence-electron chi connectivity index (χ4n) is 1.73. The highest BCUT2D eigenvalue weighted by Gasteiger charge is 2.07. The highest BCUT2D eigenvalue weighted by molar-refractivity contribution is 5.45. The van der Waals surface area contributed by atoms with Gasteiger partial charge in [-0.15, -0.1) is 0 Å². The van der Waals surface area contributed by atoms with Crippen molar-refractivity contribution in [3.05, 3.63) is 29.3 Å². The van der Waals surface area contributed by atoms with Crippen molar-refractivity contribution in [1.82, 2.24) is 5.32 Å². The smallest absolute Gasteiger partial charge is 0.136 e. The van der Waals surface area contributed by atoms with Gasteiger partial charge in [-0.25, -0.2) is 0 Å². The van der Waals surface area contributed by atoms with E-state index in [0.29, 0.717) is 31.0 Å². The van der Waals surface area contributed by atoms with E-state index in [2.05, 4.69) is 11.4 Å². The molecule has 5 nitrogen and oxygen atoms in total. The number of hydrogen-bond donors (Lipinski definition) is 1. The van der Waals surface area contributed by atoms with E-state index in [-0.39, 0.29) is 6.10 Å². The molecule has 1 N–H and O–H groups in total. The molecule has 0 bridgehead atoms. The summed E-state index contributed by atoms with van der Waals surface area (Å²) in [6.07, 6.45) is 0.0266. The molecule has 0 saturated carbocycles. The Hall–Kier alpha value is -1.61. The lowest BCUT2D eigenvalue weighted by Gasteiger charge is -2.15. The van der Waals surface area contributed by atoms with Gasteiger partial charge in [-0.05, 0) is 17.7 Å². The Bertz CT molecular complexity index is 429. The number of ether oxygens (including phenoxy) is 3. The highest BCUT2D eigenvalue weighted by Crippen LogP contribution is 2.18. The maximum Gasteiger partial charge on any atom is 0.136 e. The molecule has 0 aliphatic carbocycles. The number of rotatable bonds is 8. The first kappa shape index (κ1) is 15.4. The molecule has 0 heterocycles. The second kappa shape index (κ2) is 8.48. The van der Waals surface area contributed by atoms with Gasteiger partial charge in [0, 0.05) is 27.3 Å². The second-order valence-electron chi connectivity index (χ2n) is 4.09. The predicted octanol–water partition coefficient (Wildman–Crippen LogP) is 1.32. The van der Waals surface area contributed by atoms with E-state index in [0.717, 1.165) is 5.56 Å². The average Bonchev–Trinajstić information content (AvgIpc) is 2.46. The van der Waals surface area contributed by atoms with Crippen molar-refractivity contribution < 1.29 is 14.2 Å². The zero-order valence-electron chi connectivity index (χ0n) is 11.6.